The van der Waals surface area contributed by atoms with Gasteiger partial charge in [0.25, 0.3) is 11.7 Å². The Balaban J connectivity index is 2.00. The van der Waals surface area contributed by atoms with Gasteiger partial charge in [-0.05, 0) is 25.5 Å². The normalized spacial score (nSPS) is 11.8. The summed E-state index contributed by atoms with van der Waals surface area (Å²) in [5, 5.41) is 7.60. The van der Waals surface area contributed by atoms with E-state index in [1.165, 1.54) is 23.5 Å². The molecule has 1 aromatic heterocycles. The lowest BCUT2D eigenvalue weighted by Gasteiger charge is -2.16. The third kappa shape index (κ3) is 6.61. The zero-order valence-corrected chi connectivity index (χ0v) is 18.1. The van der Waals surface area contributed by atoms with Gasteiger partial charge in [-0.1, -0.05) is 43.6 Å². The lowest BCUT2D eigenvalue weighted by Crippen LogP contribution is -2.27. The molecule has 1 amide bonds. The Morgan fingerprint density at radius 1 is 1.33 bits per heavy atom. The molecule has 1 N–H and O–H groups in total. The van der Waals surface area contributed by atoms with E-state index < -0.39 is 11.7 Å². The molecule has 0 atom stereocenters. The zero-order valence-electron chi connectivity index (χ0n) is 18.1. The summed E-state index contributed by atoms with van der Waals surface area (Å²) in [5.74, 6) is -0.567. The third-order valence-electron chi connectivity index (χ3n) is 3.87. The molecule has 0 bridgehead atoms. The quantitative estimate of drug-likeness (QED) is 0.424. The third-order valence-corrected chi connectivity index (χ3v) is 3.87. The molecule has 0 aliphatic carbocycles. The van der Waals surface area contributed by atoms with Crippen LogP contribution >= 0.6 is 0 Å². The molecule has 2 rings (SSSR count). The number of carbonyl (C=O) groups excluding carboxylic acids is 1. The zero-order chi connectivity index (χ0) is 22.3. The van der Waals surface area contributed by atoms with Gasteiger partial charge >= 0.3 is 0 Å². The van der Waals surface area contributed by atoms with Crippen LogP contribution in [0.5, 0.6) is 0 Å². The molecule has 1 heterocycles. The first-order valence-electron chi connectivity index (χ1n) is 9.39. The van der Waals surface area contributed by atoms with E-state index in [-0.39, 0.29) is 17.8 Å². The van der Waals surface area contributed by atoms with Crippen LogP contribution in [0.15, 0.2) is 44.6 Å². The van der Waals surface area contributed by atoms with Crippen LogP contribution in [0, 0.1) is 5.82 Å². The lowest BCUT2D eigenvalue weighted by atomic mass is 9.97. The van der Waals surface area contributed by atoms with Crippen LogP contribution in [0.4, 0.5) is 4.39 Å². The number of aromatic nitrogens is 2. The van der Waals surface area contributed by atoms with Crippen molar-refractivity contribution in [1.29, 1.82) is 0 Å². The molecule has 0 aliphatic heterocycles. The summed E-state index contributed by atoms with van der Waals surface area (Å²) in [6, 6.07) is 4.67. The van der Waals surface area contributed by atoms with E-state index in [4.69, 9.17) is 4.52 Å². The molecule has 0 fully saturated rings. The molecule has 0 radical (unpaired) electrons. The average Bonchev–Trinajstić information content (AvgIpc) is 3.16. The Hall–Kier alpha value is -3.36. The van der Waals surface area contributed by atoms with Crippen LogP contribution < -0.4 is 5.43 Å². The monoisotopic (exact) mass is 414 g/mol. The first kappa shape index (κ1) is 22.9. The van der Waals surface area contributed by atoms with Crippen molar-refractivity contribution >= 4 is 18.5 Å². The van der Waals surface area contributed by atoms with Crippen LogP contribution in [-0.2, 0) is 12.0 Å². The van der Waals surface area contributed by atoms with Gasteiger partial charge in [0, 0.05) is 37.0 Å². The van der Waals surface area contributed by atoms with Gasteiger partial charge in [0.1, 0.15) is 12.2 Å². The highest BCUT2D eigenvalue weighted by atomic mass is 19.1. The molecule has 30 heavy (non-hydrogen) atoms. The number of hydrazone groups is 1. The number of allylic oxidation sites excluding steroid dienone is 1. The Kier molecular flexibility index (Phi) is 7.57. The number of amides is 1. The minimum Gasteiger partial charge on any atom is -0.338 e. The van der Waals surface area contributed by atoms with Crippen LogP contribution in [0.2, 0.25) is 0 Å². The minimum atomic E-state index is -0.445. The SMILES string of the molecule is CC(C)=CN/N=C\N=Cc1ccc(CN(C)C(=O)c2noc(C(C)(C)C)n2)c(F)c1. The molecule has 0 saturated heterocycles. The van der Waals surface area contributed by atoms with Gasteiger partial charge in [-0.15, -0.1) is 0 Å². The van der Waals surface area contributed by atoms with Gasteiger partial charge in [0.05, 0.1) is 0 Å². The smallest absolute Gasteiger partial charge is 0.295 e. The number of carbonyl (C=O) groups is 1. The van der Waals surface area contributed by atoms with E-state index in [9.17, 15) is 9.18 Å². The maximum Gasteiger partial charge on any atom is 0.295 e. The van der Waals surface area contributed by atoms with Crippen molar-refractivity contribution < 1.29 is 13.7 Å². The summed E-state index contributed by atoms with van der Waals surface area (Å²) in [6.45, 7) is 9.66. The van der Waals surface area contributed by atoms with Crippen LogP contribution in [0.3, 0.4) is 0 Å². The van der Waals surface area contributed by atoms with Gasteiger partial charge in [-0.25, -0.2) is 9.38 Å². The minimum absolute atomic E-state index is 0.0485. The van der Waals surface area contributed by atoms with Crippen molar-refractivity contribution in [1.82, 2.24) is 20.5 Å². The number of rotatable bonds is 7. The number of hydrogen-bond donors (Lipinski definition) is 1. The summed E-state index contributed by atoms with van der Waals surface area (Å²) in [5.41, 5.74) is 4.36. The Bertz CT molecular complexity index is 968. The van der Waals surface area contributed by atoms with Crippen molar-refractivity contribution in [2.24, 2.45) is 10.1 Å². The standard InChI is InChI=1S/C21H27FN6O2/c1-14(2)10-24-25-13-23-11-15-7-8-16(17(22)9-15)12-28(6)19(29)18-26-20(30-27-18)21(3,4)5/h7-11,13,24H,12H2,1-6H3/b23-11?,25-13-. The summed E-state index contributed by atoms with van der Waals surface area (Å²) >= 11 is 0. The topological polar surface area (TPSA) is 96.0 Å². The van der Waals surface area contributed by atoms with E-state index >= 15 is 0 Å². The second-order valence-electron chi connectivity index (χ2n) is 8.06. The largest absolute Gasteiger partial charge is 0.338 e. The van der Waals surface area contributed by atoms with E-state index in [0.29, 0.717) is 17.0 Å². The number of nitrogens with one attached hydrogen (secondary N) is 1. The average molecular weight is 414 g/mol. The molecule has 8 nitrogen and oxygen atoms in total. The van der Waals surface area contributed by atoms with E-state index in [0.717, 1.165) is 5.57 Å². The van der Waals surface area contributed by atoms with Crippen LogP contribution in [0.25, 0.3) is 0 Å². The van der Waals surface area contributed by atoms with Crippen LogP contribution in [-0.4, -0.2) is 40.5 Å². The maximum absolute atomic E-state index is 14.5. The predicted octanol–water partition coefficient (Wildman–Crippen LogP) is 3.65. The van der Waals surface area contributed by atoms with E-state index in [1.54, 1.807) is 25.4 Å². The Morgan fingerprint density at radius 3 is 2.67 bits per heavy atom. The van der Waals surface area contributed by atoms with Crippen molar-refractivity contribution in [3.63, 3.8) is 0 Å². The number of benzene rings is 1. The highest BCUT2D eigenvalue weighted by molar-refractivity contribution is 5.90. The molecule has 160 valence electrons. The molecule has 0 unspecified atom stereocenters. The van der Waals surface area contributed by atoms with Crippen LogP contribution in [0.1, 0.15) is 62.3 Å². The van der Waals surface area contributed by atoms with Gasteiger partial charge in [-0.2, -0.15) is 10.1 Å². The summed E-state index contributed by atoms with van der Waals surface area (Å²) in [4.78, 5) is 22.0. The van der Waals surface area contributed by atoms with E-state index in [1.807, 2.05) is 34.6 Å². The van der Waals surface area contributed by atoms with Crippen molar-refractivity contribution in [2.45, 2.75) is 46.6 Å². The summed E-state index contributed by atoms with van der Waals surface area (Å²) < 4.78 is 19.6. The van der Waals surface area contributed by atoms with Gasteiger partial charge in [-0.3, -0.25) is 10.2 Å². The highest BCUT2D eigenvalue weighted by Crippen LogP contribution is 2.20. The fraction of sp³-hybridized carbons (Fsp3) is 0.381. The molecule has 0 saturated carbocycles. The van der Waals surface area contributed by atoms with Crippen molar-refractivity contribution in [3.8, 4) is 0 Å². The second kappa shape index (κ2) is 9.91. The molecule has 0 aliphatic rings. The molecule has 2 aromatic rings. The van der Waals surface area contributed by atoms with Gasteiger partial charge in [0.15, 0.2) is 0 Å². The first-order chi connectivity index (χ1) is 14.1. The highest BCUT2D eigenvalue weighted by Gasteiger charge is 2.26. The summed E-state index contributed by atoms with van der Waals surface area (Å²) in [7, 11) is 1.56. The molecule has 1 aromatic carbocycles. The molecule has 9 heteroatoms. The fourth-order valence-electron chi connectivity index (χ4n) is 2.24. The first-order valence-corrected chi connectivity index (χ1v) is 9.39. The molecular formula is C21H27FN6O2. The summed E-state index contributed by atoms with van der Waals surface area (Å²) in [6.07, 6.45) is 4.55. The van der Waals surface area contributed by atoms with Gasteiger partial charge < -0.3 is 9.42 Å². The number of nitrogens with zero attached hydrogens (tertiary/aromatic N) is 5. The Morgan fingerprint density at radius 2 is 2.07 bits per heavy atom. The van der Waals surface area contributed by atoms with Crippen molar-refractivity contribution in [3.05, 3.63) is 58.6 Å². The number of halogens is 1. The lowest BCUT2D eigenvalue weighted by molar-refractivity contribution is 0.0768. The number of hydrogen-bond acceptors (Lipinski definition) is 6. The second-order valence-corrected chi connectivity index (χ2v) is 8.06. The van der Waals surface area contributed by atoms with Crippen molar-refractivity contribution in [2.75, 3.05) is 7.05 Å². The molecule has 0 spiro atoms. The van der Waals surface area contributed by atoms with Gasteiger partial charge in [0.2, 0.25) is 5.89 Å². The number of aliphatic imine (C=N–C) groups is 1. The predicted molar refractivity (Wildman–Crippen MR) is 114 cm³/mol. The fourth-order valence-corrected chi connectivity index (χ4v) is 2.24. The molecular weight excluding hydrogens is 387 g/mol. The van der Waals surface area contributed by atoms with E-state index in [2.05, 4.69) is 25.7 Å². The maximum atomic E-state index is 14.5. The Labute approximate surface area is 175 Å².